The Bertz CT molecular complexity index is 785. The number of aromatic nitrogens is 2. The summed E-state index contributed by atoms with van der Waals surface area (Å²) >= 11 is 0. The van der Waals surface area contributed by atoms with E-state index in [1.54, 1.807) is 6.20 Å². The van der Waals surface area contributed by atoms with Gasteiger partial charge in [-0.2, -0.15) is 0 Å². The maximum absolute atomic E-state index is 11.6. The highest BCUT2D eigenvalue weighted by atomic mass is 16.5. The van der Waals surface area contributed by atoms with Crippen LogP contribution in [0.15, 0.2) is 59.5 Å². The van der Waals surface area contributed by atoms with Crippen LogP contribution in [-0.2, 0) is 0 Å². The quantitative estimate of drug-likeness (QED) is 0.769. The van der Waals surface area contributed by atoms with Crippen molar-refractivity contribution in [2.45, 2.75) is 6.92 Å². The SMILES string of the molecule is CCOc1cccc(-c2ccc(-c3c[nH][nH]c3=O)cc2)c1. The summed E-state index contributed by atoms with van der Waals surface area (Å²) in [7, 11) is 0. The van der Waals surface area contributed by atoms with Crippen LogP contribution >= 0.6 is 0 Å². The molecule has 1 heterocycles. The van der Waals surface area contributed by atoms with E-state index in [0.29, 0.717) is 12.2 Å². The van der Waals surface area contributed by atoms with Crippen LogP contribution in [0, 0.1) is 0 Å². The molecule has 0 bridgehead atoms. The summed E-state index contributed by atoms with van der Waals surface area (Å²) in [6, 6.07) is 15.9. The van der Waals surface area contributed by atoms with Crippen LogP contribution in [0.4, 0.5) is 0 Å². The first-order chi connectivity index (χ1) is 10.3. The van der Waals surface area contributed by atoms with Gasteiger partial charge in [-0.25, -0.2) is 0 Å². The van der Waals surface area contributed by atoms with Gasteiger partial charge in [-0.05, 0) is 35.7 Å². The first-order valence-electron chi connectivity index (χ1n) is 6.87. The van der Waals surface area contributed by atoms with Crippen LogP contribution in [0.25, 0.3) is 22.3 Å². The van der Waals surface area contributed by atoms with E-state index in [2.05, 4.69) is 10.2 Å². The van der Waals surface area contributed by atoms with Gasteiger partial charge in [0.1, 0.15) is 5.75 Å². The van der Waals surface area contributed by atoms with Crippen molar-refractivity contribution >= 4 is 0 Å². The predicted octanol–water partition coefficient (Wildman–Crippen LogP) is 3.44. The van der Waals surface area contributed by atoms with E-state index >= 15 is 0 Å². The Balaban J connectivity index is 1.92. The van der Waals surface area contributed by atoms with Crippen molar-refractivity contribution in [3.8, 4) is 28.0 Å². The highest BCUT2D eigenvalue weighted by Crippen LogP contribution is 2.26. The highest BCUT2D eigenvalue weighted by molar-refractivity contribution is 5.70. The van der Waals surface area contributed by atoms with Gasteiger partial charge in [-0.3, -0.25) is 9.89 Å². The summed E-state index contributed by atoms with van der Waals surface area (Å²) in [5.74, 6) is 0.862. The summed E-state index contributed by atoms with van der Waals surface area (Å²) in [6.07, 6.45) is 1.67. The molecule has 0 spiro atoms. The van der Waals surface area contributed by atoms with Crippen LogP contribution in [0.3, 0.4) is 0 Å². The number of H-pyrrole nitrogens is 2. The van der Waals surface area contributed by atoms with Gasteiger partial charge < -0.3 is 9.84 Å². The number of ether oxygens (including phenoxy) is 1. The zero-order valence-electron chi connectivity index (χ0n) is 11.7. The molecule has 0 aliphatic carbocycles. The van der Waals surface area contributed by atoms with Crippen LogP contribution in [0.5, 0.6) is 5.75 Å². The third kappa shape index (κ3) is 2.74. The summed E-state index contributed by atoms with van der Waals surface area (Å²) in [6.45, 7) is 2.62. The van der Waals surface area contributed by atoms with Crippen LogP contribution in [-0.4, -0.2) is 16.8 Å². The van der Waals surface area contributed by atoms with Crippen LogP contribution in [0.1, 0.15) is 6.92 Å². The summed E-state index contributed by atoms with van der Waals surface area (Å²) in [5, 5.41) is 5.25. The fraction of sp³-hybridized carbons (Fsp3) is 0.118. The van der Waals surface area contributed by atoms with E-state index in [1.165, 1.54) is 0 Å². The lowest BCUT2D eigenvalue weighted by Gasteiger charge is -2.07. The summed E-state index contributed by atoms with van der Waals surface area (Å²) in [5.41, 5.74) is 3.61. The Hall–Kier alpha value is -2.75. The first kappa shape index (κ1) is 13.2. The zero-order valence-corrected chi connectivity index (χ0v) is 11.7. The summed E-state index contributed by atoms with van der Waals surface area (Å²) < 4.78 is 5.52. The van der Waals surface area contributed by atoms with Gasteiger partial charge in [0.15, 0.2) is 0 Å². The van der Waals surface area contributed by atoms with E-state index < -0.39 is 0 Å². The smallest absolute Gasteiger partial charge is 0.271 e. The third-order valence-electron chi connectivity index (χ3n) is 3.32. The lowest BCUT2D eigenvalue weighted by Crippen LogP contribution is -2.00. The number of nitrogens with one attached hydrogen (secondary N) is 2. The van der Waals surface area contributed by atoms with Gasteiger partial charge in [0.2, 0.25) is 0 Å². The molecule has 0 saturated carbocycles. The maximum atomic E-state index is 11.6. The highest BCUT2D eigenvalue weighted by Gasteiger charge is 2.05. The fourth-order valence-electron chi connectivity index (χ4n) is 2.30. The van der Waals surface area contributed by atoms with Gasteiger partial charge >= 0.3 is 0 Å². The molecule has 3 aromatic rings. The van der Waals surface area contributed by atoms with E-state index in [4.69, 9.17) is 4.74 Å². The predicted molar refractivity (Wildman–Crippen MR) is 83.5 cm³/mol. The van der Waals surface area contributed by atoms with Gasteiger partial charge in [0.25, 0.3) is 5.56 Å². The molecular weight excluding hydrogens is 264 g/mol. The molecule has 2 N–H and O–H groups in total. The van der Waals surface area contributed by atoms with Crippen molar-refractivity contribution in [3.63, 3.8) is 0 Å². The normalized spacial score (nSPS) is 10.5. The molecule has 106 valence electrons. The number of hydrogen-bond acceptors (Lipinski definition) is 2. The Kier molecular flexibility index (Phi) is 3.60. The number of aromatic amines is 2. The minimum atomic E-state index is -0.110. The number of rotatable bonds is 4. The van der Waals surface area contributed by atoms with E-state index in [-0.39, 0.29) is 5.56 Å². The van der Waals surface area contributed by atoms with Crippen LogP contribution < -0.4 is 10.3 Å². The molecule has 0 amide bonds. The second-order valence-electron chi connectivity index (χ2n) is 4.69. The third-order valence-corrected chi connectivity index (χ3v) is 3.32. The Morgan fingerprint density at radius 2 is 1.76 bits per heavy atom. The van der Waals surface area contributed by atoms with Gasteiger partial charge in [0, 0.05) is 6.20 Å². The molecule has 0 aliphatic heterocycles. The molecule has 0 unspecified atom stereocenters. The molecule has 3 rings (SSSR count). The maximum Gasteiger partial charge on any atom is 0.271 e. The largest absolute Gasteiger partial charge is 0.494 e. The molecule has 21 heavy (non-hydrogen) atoms. The molecule has 1 aromatic heterocycles. The van der Waals surface area contributed by atoms with E-state index in [9.17, 15) is 4.79 Å². The van der Waals surface area contributed by atoms with Gasteiger partial charge in [-0.15, -0.1) is 0 Å². The number of benzene rings is 2. The lowest BCUT2D eigenvalue weighted by molar-refractivity contribution is 0.340. The molecule has 0 fully saturated rings. The minimum Gasteiger partial charge on any atom is -0.494 e. The molecule has 4 nitrogen and oxygen atoms in total. The first-order valence-corrected chi connectivity index (χ1v) is 6.87. The van der Waals surface area contributed by atoms with Crippen molar-refractivity contribution in [3.05, 3.63) is 65.1 Å². The van der Waals surface area contributed by atoms with Crippen LogP contribution in [0.2, 0.25) is 0 Å². The molecule has 0 saturated heterocycles. The molecule has 2 aromatic carbocycles. The van der Waals surface area contributed by atoms with E-state index in [1.807, 2.05) is 55.5 Å². The van der Waals surface area contributed by atoms with Crippen molar-refractivity contribution in [2.24, 2.45) is 0 Å². The van der Waals surface area contributed by atoms with E-state index in [0.717, 1.165) is 22.4 Å². The van der Waals surface area contributed by atoms with Crippen molar-refractivity contribution in [1.29, 1.82) is 0 Å². The Morgan fingerprint density at radius 3 is 2.43 bits per heavy atom. The molecule has 4 heteroatoms. The van der Waals surface area contributed by atoms with Crippen molar-refractivity contribution in [2.75, 3.05) is 6.61 Å². The Labute approximate surface area is 122 Å². The van der Waals surface area contributed by atoms with Crippen molar-refractivity contribution in [1.82, 2.24) is 10.2 Å². The monoisotopic (exact) mass is 280 g/mol. The zero-order chi connectivity index (χ0) is 14.7. The lowest BCUT2D eigenvalue weighted by atomic mass is 10.0. The Morgan fingerprint density at radius 1 is 1.00 bits per heavy atom. The average molecular weight is 280 g/mol. The molecule has 0 atom stereocenters. The topological polar surface area (TPSA) is 57.9 Å². The summed E-state index contributed by atoms with van der Waals surface area (Å²) in [4.78, 5) is 11.6. The molecule has 0 radical (unpaired) electrons. The molecular formula is C17H16N2O2. The standard InChI is InChI=1S/C17H16N2O2/c1-2-21-15-5-3-4-14(10-15)12-6-8-13(9-7-12)16-11-18-19-17(16)20/h3-11H,2H2,1H3,(H2,18,19,20). The second-order valence-corrected chi connectivity index (χ2v) is 4.69. The number of hydrogen-bond donors (Lipinski definition) is 2. The molecule has 0 aliphatic rings. The van der Waals surface area contributed by atoms with Gasteiger partial charge in [-0.1, -0.05) is 36.4 Å². The second kappa shape index (κ2) is 5.71. The average Bonchev–Trinajstić information content (AvgIpc) is 2.94. The fourth-order valence-corrected chi connectivity index (χ4v) is 2.30. The van der Waals surface area contributed by atoms with Crippen molar-refractivity contribution < 1.29 is 4.74 Å². The van der Waals surface area contributed by atoms with Gasteiger partial charge in [0.05, 0.1) is 12.2 Å². The minimum absolute atomic E-state index is 0.110.